The average molecular weight is 423 g/mol. The second kappa shape index (κ2) is 8.75. The summed E-state index contributed by atoms with van der Waals surface area (Å²) in [5, 5.41) is 22.9. The first-order valence-corrected chi connectivity index (χ1v) is 9.86. The molecule has 0 radical (unpaired) electrons. The van der Waals surface area contributed by atoms with Crippen LogP contribution in [0.15, 0.2) is 42.5 Å². The van der Waals surface area contributed by atoms with E-state index in [-0.39, 0.29) is 17.2 Å². The summed E-state index contributed by atoms with van der Waals surface area (Å²) >= 11 is 1.56. The van der Waals surface area contributed by atoms with E-state index in [9.17, 15) is 14.7 Å². The summed E-state index contributed by atoms with van der Waals surface area (Å²) in [6.45, 7) is 2.43. The highest BCUT2D eigenvalue weighted by atomic mass is 32.1. The number of nitrogens with one attached hydrogen (secondary N) is 3. The summed E-state index contributed by atoms with van der Waals surface area (Å²) in [5.41, 5.74) is 8.08. The van der Waals surface area contributed by atoms with Crippen LogP contribution in [0.2, 0.25) is 0 Å². The van der Waals surface area contributed by atoms with Gasteiger partial charge in [0.1, 0.15) is 11.5 Å². The number of nitrogens with two attached hydrogens (primary N) is 1. The van der Waals surface area contributed by atoms with Crippen LogP contribution in [0.4, 0.5) is 5.69 Å². The van der Waals surface area contributed by atoms with Crippen LogP contribution in [-0.2, 0) is 6.54 Å². The van der Waals surface area contributed by atoms with Gasteiger partial charge in [0, 0.05) is 39.2 Å². The lowest BCUT2D eigenvalue weighted by molar-refractivity contribution is 0.0691. The summed E-state index contributed by atoms with van der Waals surface area (Å²) in [4.78, 5) is 29.7. The first-order valence-electron chi connectivity index (χ1n) is 9.04. The maximum absolute atomic E-state index is 11.8. The maximum Gasteiger partial charge on any atom is 0.355 e. The number of benzene rings is 1. The van der Waals surface area contributed by atoms with Crippen molar-refractivity contribution in [2.75, 3.05) is 12.4 Å². The van der Waals surface area contributed by atoms with Crippen LogP contribution in [0.5, 0.6) is 0 Å². The zero-order valence-corrected chi connectivity index (χ0v) is 17.3. The number of pyridine rings is 1. The van der Waals surface area contributed by atoms with Crippen molar-refractivity contribution in [2.45, 2.75) is 13.5 Å². The largest absolute Gasteiger partial charge is 0.476 e. The van der Waals surface area contributed by atoms with E-state index >= 15 is 0 Å². The minimum atomic E-state index is -1.20. The minimum Gasteiger partial charge on any atom is -0.476 e. The van der Waals surface area contributed by atoms with Gasteiger partial charge in [-0.25, -0.2) is 9.78 Å². The fourth-order valence-electron chi connectivity index (χ4n) is 2.97. The van der Waals surface area contributed by atoms with E-state index in [4.69, 9.17) is 11.1 Å². The standard InChI is InChI=1S/C21H21N5O3S/c1-11-9-15(14-7-8-16(20(27)24-2)26-18(14)21(28)29)17(30-11)10-25-13-5-3-12(4-6-13)19(22)23/h3-9,25H,10H2,1-2H3,(H3,22,23)(H,24,27)(H,28,29). The molecule has 0 aliphatic rings. The topological polar surface area (TPSA) is 141 Å². The van der Waals surface area contributed by atoms with Crippen LogP contribution < -0.4 is 16.4 Å². The van der Waals surface area contributed by atoms with Crippen molar-refractivity contribution in [3.05, 3.63) is 69.2 Å². The molecule has 8 nitrogen and oxygen atoms in total. The SMILES string of the molecule is CNC(=O)c1ccc(-c2cc(C)sc2CNc2ccc(C(=N)N)cc2)c(C(=O)O)n1. The van der Waals surface area contributed by atoms with Crippen LogP contribution in [0.25, 0.3) is 11.1 Å². The quantitative estimate of drug-likeness (QED) is 0.292. The Kier molecular flexibility index (Phi) is 6.12. The first kappa shape index (κ1) is 21.0. The fraction of sp³-hybridized carbons (Fsp3) is 0.143. The number of amidine groups is 1. The Hall–Kier alpha value is -3.72. The fourth-order valence-corrected chi connectivity index (χ4v) is 3.95. The third-order valence-corrected chi connectivity index (χ3v) is 5.48. The lowest BCUT2D eigenvalue weighted by atomic mass is 10.0. The van der Waals surface area contributed by atoms with Crippen LogP contribution in [-0.4, -0.2) is 34.9 Å². The molecule has 154 valence electrons. The molecule has 1 aromatic carbocycles. The van der Waals surface area contributed by atoms with E-state index in [0.717, 1.165) is 21.0 Å². The molecule has 0 saturated heterocycles. The predicted octanol–water partition coefficient (Wildman–Crippen LogP) is 3.07. The molecule has 1 amide bonds. The summed E-state index contributed by atoms with van der Waals surface area (Å²) in [5.74, 6) is -1.63. The highest BCUT2D eigenvalue weighted by Gasteiger charge is 2.20. The van der Waals surface area contributed by atoms with E-state index in [1.807, 2.05) is 25.1 Å². The Labute approximate surface area is 177 Å². The molecule has 2 aromatic heterocycles. The van der Waals surface area contributed by atoms with E-state index in [0.29, 0.717) is 17.7 Å². The number of aromatic nitrogens is 1. The molecule has 9 heteroatoms. The number of hydrogen-bond donors (Lipinski definition) is 5. The molecule has 3 rings (SSSR count). The Morgan fingerprint density at radius 3 is 2.47 bits per heavy atom. The third-order valence-electron chi connectivity index (χ3n) is 4.43. The number of thiophene rings is 1. The van der Waals surface area contributed by atoms with Crippen LogP contribution >= 0.6 is 11.3 Å². The van der Waals surface area contributed by atoms with Crippen molar-refractivity contribution < 1.29 is 14.7 Å². The normalized spacial score (nSPS) is 10.5. The van der Waals surface area contributed by atoms with Crippen LogP contribution in [0.3, 0.4) is 0 Å². The molecule has 0 aliphatic carbocycles. The second-order valence-electron chi connectivity index (χ2n) is 6.52. The Balaban J connectivity index is 1.92. The molecule has 3 aromatic rings. The van der Waals surface area contributed by atoms with Gasteiger partial charge in [0.25, 0.3) is 5.91 Å². The van der Waals surface area contributed by atoms with Crippen molar-refractivity contribution in [2.24, 2.45) is 5.73 Å². The Bertz CT molecular complexity index is 1120. The first-order chi connectivity index (χ1) is 14.3. The van der Waals surface area contributed by atoms with Gasteiger partial charge in [0.05, 0.1) is 6.54 Å². The molecular weight excluding hydrogens is 402 g/mol. The van der Waals surface area contributed by atoms with Crippen LogP contribution in [0, 0.1) is 12.3 Å². The van der Waals surface area contributed by atoms with Gasteiger partial charge in [-0.2, -0.15) is 0 Å². The minimum absolute atomic E-state index is 0.00613. The number of carboxylic acid groups (broad SMARTS) is 1. The zero-order valence-electron chi connectivity index (χ0n) is 16.4. The number of carboxylic acids is 1. The van der Waals surface area contributed by atoms with Gasteiger partial charge in [-0.15, -0.1) is 11.3 Å². The Morgan fingerprint density at radius 2 is 1.87 bits per heavy atom. The smallest absolute Gasteiger partial charge is 0.355 e. The molecule has 0 aliphatic heterocycles. The number of rotatable bonds is 7. The van der Waals surface area contributed by atoms with Crippen molar-refractivity contribution in [1.82, 2.24) is 10.3 Å². The van der Waals surface area contributed by atoms with E-state index in [1.54, 1.807) is 29.5 Å². The number of carbonyl (C=O) groups excluding carboxylic acids is 1. The number of aryl methyl sites for hydroxylation is 1. The number of carbonyl (C=O) groups is 2. The number of anilines is 1. The lowest BCUT2D eigenvalue weighted by Gasteiger charge is -2.11. The van der Waals surface area contributed by atoms with Gasteiger partial charge in [-0.3, -0.25) is 10.2 Å². The van der Waals surface area contributed by atoms with Gasteiger partial charge in [-0.1, -0.05) is 0 Å². The van der Waals surface area contributed by atoms with Crippen molar-refractivity contribution in [1.29, 1.82) is 5.41 Å². The average Bonchev–Trinajstić information content (AvgIpc) is 3.11. The zero-order chi connectivity index (χ0) is 21.8. The van der Waals surface area contributed by atoms with Gasteiger partial charge in [0.15, 0.2) is 5.69 Å². The highest BCUT2D eigenvalue weighted by molar-refractivity contribution is 7.12. The summed E-state index contributed by atoms with van der Waals surface area (Å²) in [7, 11) is 1.47. The van der Waals surface area contributed by atoms with Gasteiger partial charge < -0.3 is 21.5 Å². The third kappa shape index (κ3) is 4.47. The van der Waals surface area contributed by atoms with Crippen molar-refractivity contribution in [3.63, 3.8) is 0 Å². The molecule has 0 fully saturated rings. The second-order valence-corrected chi connectivity index (χ2v) is 7.86. The molecule has 0 bridgehead atoms. The van der Waals surface area contributed by atoms with E-state index < -0.39 is 11.9 Å². The van der Waals surface area contributed by atoms with Gasteiger partial charge >= 0.3 is 5.97 Å². The summed E-state index contributed by atoms with van der Waals surface area (Å²) < 4.78 is 0. The molecule has 0 unspecified atom stereocenters. The lowest BCUT2D eigenvalue weighted by Crippen LogP contribution is -2.20. The predicted molar refractivity (Wildman–Crippen MR) is 117 cm³/mol. The molecule has 2 heterocycles. The van der Waals surface area contributed by atoms with Gasteiger partial charge in [-0.05, 0) is 49.4 Å². The molecule has 6 N–H and O–H groups in total. The van der Waals surface area contributed by atoms with Crippen molar-refractivity contribution in [3.8, 4) is 11.1 Å². The summed E-state index contributed by atoms with van der Waals surface area (Å²) in [6.07, 6.45) is 0. The molecule has 0 spiro atoms. The number of amides is 1. The monoisotopic (exact) mass is 423 g/mol. The van der Waals surface area contributed by atoms with E-state index in [1.165, 1.54) is 13.1 Å². The molecule has 0 saturated carbocycles. The Morgan fingerprint density at radius 1 is 1.17 bits per heavy atom. The molecule has 30 heavy (non-hydrogen) atoms. The molecular formula is C21H21N5O3S. The van der Waals surface area contributed by atoms with Gasteiger partial charge in [0.2, 0.25) is 0 Å². The number of aromatic carboxylic acids is 1. The summed E-state index contributed by atoms with van der Waals surface area (Å²) in [6, 6.07) is 12.2. The van der Waals surface area contributed by atoms with Crippen molar-refractivity contribution >= 4 is 34.7 Å². The number of hydrogen-bond acceptors (Lipinski definition) is 6. The number of nitrogens with zero attached hydrogens (tertiary/aromatic N) is 1. The van der Waals surface area contributed by atoms with Crippen LogP contribution in [0.1, 0.15) is 36.3 Å². The highest BCUT2D eigenvalue weighted by Crippen LogP contribution is 2.34. The van der Waals surface area contributed by atoms with E-state index in [2.05, 4.69) is 15.6 Å². The molecule has 0 atom stereocenters. The maximum atomic E-state index is 11.8. The number of nitrogen functional groups attached to an aromatic ring is 1.